The quantitative estimate of drug-likeness (QED) is 0.190. The molecular weight excluding hydrogens is 519 g/mol. The molecule has 3 heteroatoms. The fraction of sp³-hybridized carbons (Fsp3) is 0.100. The van der Waals surface area contributed by atoms with E-state index in [1.807, 2.05) is 0 Å². The Hall–Kier alpha value is -5.02. The second-order valence-electron chi connectivity index (χ2n) is 13.0. The van der Waals surface area contributed by atoms with E-state index >= 15 is 0 Å². The Bertz CT molecular complexity index is 2380. The molecule has 9 rings (SSSR count). The molecule has 6 aromatic carbocycles. The first-order valence-corrected chi connectivity index (χ1v) is 15.2. The predicted molar refractivity (Wildman–Crippen MR) is 185 cm³/mol. The van der Waals surface area contributed by atoms with E-state index in [1.54, 1.807) is 0 Å². The van der Waals surface area contributed by atoms with Gasteiger partial charge in [-0.15, -0.1) is 0 Å². The van der Waals surface area contributed by atoms with E-state index in [9.17, 15) is 0 Å². The van der Waals surface area contributed by atoms with Gasteiger partial charge in [-0.25, -0.2) is 0 Å². The summed E-state index contributed by atoms with van der Waals surface area (Å²) in [5.74, 6) is 0. The molecule has 2 nitrogen and oxygen atoms in total. The number of hydrogen-bond acceptors (Lipinski definition) is 0. The van der Waals surface area contributed by atoms with Crippen LogP contribution in [-0.4, -0.2) is 15.9 Å². The SMILES string of the molecule is CC(C)(C)c1ccc2c3cccc4c3n(c2c1)-c1ccccc1B4n1c2ccccc2c2cccc(-c3ccccc3)c21. The molecule has 0 radical (unpaired) electrons. The average molecular weight is 551 g/mol. The molecule has 1 aliphatic heterocycles. The molecule has 0 atom stereocenters. The molecule has 0 fully saturated rings. The summed E-state index contributed by atoms with van der Waals surface area (Å²) in [5, 5.41) is 5.22. The maximum Gasteiger partial charge on any atom is 0.332 e. The van der Waals surface area contributed by atoms with E-state index in [1.165, 1.54) is 76.9 Å². The van der Waals surface area contributed by atoms with Crippen LogP contribution >= 0.6 is 0 Å². The van der Waals surface area contributed by atoms with Gasteiger partial charge in [-0.1, -0.05) is 136 Å². The summed E-state index contributed by atoms with van der Waals surface area (Å²) in [7, 11) is 0. The molecule has 0 unspecified atom stereocenters. The Morgan fingerprint density at radius 3 is 2.00 bits per heavy atom. The van der Waals surface area contributed by atoms with Crippen LogP contribution in [-0.2, 0) is 5.41 Å². The molecule has 2 aromatic heterocycles. The monoisotopic (exact) mass is 550 g/mol. The Labute approximate surface area is 251 Å². The number of fused-ring (bicyclic) bond motifs is 8. The van der Waals surface area contributed by atoms with Gasteiger partial charge in [0.15, 0.2) is 0 Å². The molecular formula is C40H31BN2. The Morgan fingerprint density at radius 1 is 0.512 bits per heavy atom. The van der Waals surface area contributed by atoms with Crippen molar-refractivity contribution in [2.45, 2.75) is 26.2 Å². The van der Waals surface area contributed by atoms with Crippen LogP contribution in [0.2, 0.25) is 0 Å². The van der Waals surface area contributed by atoms with Crippen LogP contribution in [0, 0.1) is 0 Å². The van der Waals surface area contributed by atoms with Crippen molar-refractivity contribution in [3.63, 3.8) is 0 Å². The molecule has 43 heavy (non-hydrogen) atoms. The van der Waals surface area contributed by atoms with Crippen molar-refractivity contribution in [3.8, 4) is 16.8 Å². The van der Waals surface area contributed by atoms with E-state index in [-0.39, 0.29) is 12.3 Å². The lowest BCUT2D eigenvalue weighted by Crippen LogP contribution is -2.53. The summed E-state index contributed by atoms with van der Waals surface area (Å²) in [5.41, 5.74) is 13.0. The van der Waals surface area contributed by atoms with E-state index in [0.29, 0.717) is 0 Å². The van der Waals surface area contributed by atoms with Crippen molar-refractivity contribution < 1.29 is 0 Å². The molecule has 204 valence electrons. The van der Waals surface area contributed by atoms with Gasteiger partial charge >= 0.3 is 6.85 Å². The first-order chi connectivity index (χ1) is 21.0. The molecule has 0 bridgehead atoms. The van der Waals surface area contributed by atoms with Crippen molar-refractivity contribution in [2.24, 2.45) is 0 Å². The lowest BCUT2D eigenvalue weighted by molar-refractivity contribution is 0.591. The second kappa shape index (κ2) is 8.75. The van der Waals surface area contributed by atoms with Gasteiger partial charge in [0, 0.05) is 43.8 Å². The Balaban J connectivity index is 1.46. The average Bonchev–Trinajstić information content (AvgIpc) is 3.55. The summed E-state index contributed by atoms with van der Waals surface area (Å²) in [6.07, 6.45) is 0. The standard InChI is InChI=1S/C40H31BN2/c1-40(2,3)27-23-24-30-32-18-12-20-34-39(32)42(37(30)25-27)36-22-10-8-19-33(36)41(34)43-35-21-9-7-15-29(35)31-17-11-16-28(38(31)43)26-13-5-4-6-14-26/h4-25H,1-3H3. The first kappa shape index (κ1) is 24.6. The van der Waals surface area contributed by atoms with Crippen LogP contribution in [0.15, 0.2) is 133 Å². The van der Waals surface area contributed by atoms with Gasteiger partial charge in [0.1, 0.15) is 0 Å². The highest BCUT2D eigenvalue weighted by Crippen LogP contribution is 2.39. The molecule has 1 aliphatic rings. The maximum absolute atomic E-state index is 2.63. The summed E-state index contributed by atoms with van der Waals surface area (Å²) in [6, 6.07) is 49.6. The minimum absolute atomic E-state index is 0.0195. The van der Waals surface area contributed by atoms with Crippen molar-refractivity contribution in [1.29, 1.82) is 0 Å². The molecule has 0 amide bonds. The van der Waals surface area contributed by atoms with Crippen molar-refractivity contribution in [1.82, 2.24) is 9.05 Å². The molecule has 3 heterocycles. The topological polar surface area (TPSA) is 9.86 Å². The molecule has 0 saturated heterocycles. The van der Waals surface area contributed by atoms with E-state index in [4.69, 9.17) is 0 Å². The van der Waals surface area contributed by atoms with Crippen LogP contribution in [0.5, 0.6) is 0 Å². The largest absolute Gasteiger partial charge is 0.375 e. The molecule has 0 spiro atoms. The molecule has 0 aliphatic carbocycles. The van der Waals surface area contributed by atoms with Gasteiger partial charge in [0.05, 0.1) is 11.0 Å². The number of para-hydroxylation sites is 4. The van der Waals surface area contributed by atoms with Crippen LogP contribution < -0.4 is 10.9 Å². The van der Waals surface area contributed by atoms with E-state index in [2.05, 4.69) is 163 Å². The lowest BCUT2D eigenvalue weighted by atomic mass is 9.48. The van der Waals surface area contributed by atoms with Gasteiger partial charge in [0.2, 0.25) is 0 Å². The fourth-order valence-corrected chi connectivity index (χ4v) is 7.57. The van der Waals surface area contributed by atoms with Gasteiger partial charge in [-0.3, -0.25) is 0 Å². The number of aromatic nitrogens is 2. The zero-order valence-corrected chi connectivity index (χ0v) is 24.7. The predicted octanol–water partition coefficient (Wildman–Crippen LogP) is 8.82. The van der Waals surface area contributed by atoms with Gasteiger partial charge < -0.3 is 9.05 Å². The zero-order chi connectivity index (χ0) is 28.9. The Morgan fingerprint density at radius 2 is 1.16 bits per heavy atom. The fourth-order valence-electron chi connectivity index (χ4n) is 7.57. The first-order valence-electron chi connectivity index (χ1n) is 15.2. The van der Waals surface area contributed by atoms with Crippen LogP contribution in [0.4, 0.5) is 0 Å². The zero-order valence-electron chi connectivity index (χ0n) is 24.7. The van der Waals surface area contributed by atoms with Crippen LogP contribution in [0.3, 0.4) is 0 Å². The summed E-state index contributed by atoms with van der Waals surface area (Å²) in [6.45, 7) is 6.92. The molecule has 8 aromatic rings. The second-order valence-corrected chi connectivity index (χ2v) is 13.0. The minimum atomic E-state index is 0.0195. The smallest absolute Gasteiger partial charge is 0.332 e. The normalized spacial score (nSPS) is 13.0. The summed E-state index contributed by atoms with van der Waals surface area (Å²) >= 11 is 0. The maximum atomic E-state index is 2.63. The minimum Gasteiger partial charge on any atom is -0.375 e. The number of benzene rings is 6. The van der Waals surface area contributed by atoms with E-state index < -0.39 is 0 Å². The third-order valence-electron chi connectivity index (χ3n) is 9.53. The van der Waals surface area contributed by atoms with Crippen molar-refractivity contribution in [2.75, 3.05) is 0 Å². The van der Waals surface area contributed by atoms with Crippen molar-refractivity contribution in [3.05, 3.63) is 139 Å². The van der Waals surface area contributed by atoms with Crippen LogP contribution in [0.1, 0.15) is 26.3 Å². The highest BCUT2D eigenvalue weighted by atomic mass is 15.0. The number of nitrogens with zero attached hydrogens (tertiary/aromatic N) is 2. The third-order valence-corrected chi connectivity index (χ3v) is 9.53. The highest BCUT2D eigenvalue weighted by molar-refractivity contribution is 6.88. The molecule has 0 saturated carbocycles. The lowest BCUT2D eigenvalue weighted by Gasteiger charge is -2.29. The van der Waals surface area contributed by atoms with Gasteiger partial charge in [-0.2, -0.15) is 0 Å². The molecule has 0 N–H and O–H groups in total. The number of hydrogen-bond donors (Lipinski definition) is 0. The summed E-state index contributed by atoms with van der Waals surface area (Å²) < 4.78 is 5.16. The van der Waals surface area contributed by atoms with Gasteiger partial charge in [0.25, 0.3) is 0 Å². The van der Waals surface area contributed by atoms with Crippen LogP contribution in [0.25, 0.3) is 60.4 Å². The third kappa shape index (κ3) is 3.36. The van der Waals surface area contributed by atoms with E-state index in [0.717, 1.165) is 0 Å². The Kier molecular flexibility index (Phi) is 5.00. The van der Waals surface area contributed by atoms with Gasteiger partial charge in [-0.05, 0) is 45.7 Å². The highest BCUT2D eigenvalue weighted by Gasteiger charge is 2.36. The van der Waals surface area contributed by atoms with Crippen molar-refractivity contribution >= 4 is 61.4 Å². The number of rotatable bonds is 2. The summed E-state index contributed by atoms with van der Waals surface area (Å²) in [4.78, 5) is 0.